The molecule has 0 radical (unpaired) electrons. The van der Waals surface area contributed by atoms with Gasteiger partial charge in [-0.2, -0.15) is 0 Å². The molecule has 0 aliphatic heterocycles. The largest absolute Gasteiger partial charge is 0.399 e. The second-order valence-electron chi connectivity index (χ2n) is 5.25. The molecule has 0 atom stereocenters. The van der Waals surface area contributed by atoms with Crippen molar-refractivity contribution < 1.29 is 4.79 Å². The topological polar surface area (TPSA) is 85.8 Å². The van der Waals surface area contributed by atoms with Crippen molar-refractivity contribution >= 4 is 40.4 Å². The number of nitrogen functional groups attached to an aromatic ring is 1. The monoisotopic (exact) mass is 359 g/mol. The van der Waals surface area contributed by atoms with E-state index in [2.05, 4.69) is 15.5 Å². The Balaban J connectivity index is 1.64. The van der Waals surface area contributed by atoms with E-state index in [1.807, 2.05) is 48.2 Å². The Bertz CT molecular complexity index is 857. The van der Waals surface area contributed by atoms with Gasteiger partial charge in [0, 0.05) is 18.4 Å². The van der Waals surface area contributed by atoms with E-state index < -0.39 is 0 Å². The molecule has 0 aliphatic rings. The Morgan fingerprint density at radius 1 is 1.38 bits per heavy atom. The highest BCUT2D eigenvalue weighted by molar-refractivity contribution is 7.99. The summed E-state index contributed by atoms with van der Waals surface area (Å²) in [7, 11) is 1.90. The van der Waals surface area contributed by atoms with Crippen LogP contribution in [0.5, 0.6) is 0 Å². The highest BCUT2D eigenvalue weighted by Crippen LogP contribution is 2.26. The molecule has 1 aromatic carbocycles. The van der Waals surface area contributed by atoms with Crippen LogP contribution in [0.15, 0.2) is 40.9 Å². The molecule has 2 heterocycles. The van der Waals surface area contributed by atoms with E-state index in [1.165, 1.54) is 11.8 Å². The van der Waals surface area contributed by atoms with Gasteiger partial charge in [0.15, 0.2) is 11.0 Å². The van der Waals surface area contributed by atoms with Gasteiger partial charge in [-0.05, 0) is 36.1 Å². The van der Waals surface area contributed by atoms with Crippen LogP contribution >= 0.6 is 23.1 Å². The first-order valence-corrected chi connectivity index (χ1v) is 9.13. The van der Waals surface area contributed by atoms with E-state index in [0.29, 0.717) is 10.8 Å². The summed E-state index contributed by atoms with van der Waals surface area (Å²) >= 11 is 2.96. The number of anilines is 2. The molecule has 6 nitrogen and oxygen atoms in total. The molecule has 124 valence electrons. The number of carbonyl (C=O) groups excluding carboxylic acids is 1. The van der Waals surface area contributed by atoms with E-state index >= 15 is 0 Å². The summed E-state index contributed by atoms with van der Waals surface area (Å²) in [5, 5.41) is 13.9. The Kier molecular flexibility index (Phi) is 4.86. The van der Waals surface area contributed by atoms with E-state index in [4.69, 9.17) is 5.73 Å². The molecule has 0 saturated heterocycles. The summed E-state index contributed by atoms with van der Waals surface area (Å²) in [6, 6.07) is 9.43. The number of rotatable bonds is 5. The molecule has 0 saturated carbocycles. The average molecular weight is 359 g/mol. The molecule has 8 heteroatoms. The van der Waals surface area contributed by atoms with Gasteiger partial charge in [-0.3, -0.25) is 4.79 Å². The quantitative estimate of drug-likeness (QED) is 0.540. The zero-order chi connectivity index (χ0) is 17.1. The van der Waals surface area contributed by atoms with Crippen molar-refractivity contribution in [2.75, 3.05) is 16.8 Å². The number of benzene rings is 1. The van der Waals surface area contributed by atoms with Crippen molar-refractivity contribution in [3.63, 3.8) is 0 Å². The average Bonchev–Trinajstić information content (AvgIpc) is 3.18. The van der Waals surface area contributed by atoms with Gasteiger partial charge in [-0.1, -0.05) is 23.9 Å². The van der Waals surface area contributed by atoms with Crippen molar-refractivity contribution in [2.24, 2.45) is 7.05 Å². The summed E-state index contributed by atoms with van der Waals surface area (Å²) < 4.78 is 1.90. The lowest BCUT2D eigenvalue weighted by atomic mass is 10.2. The number of aryl methyl sites for hydroxylation is 1. The lowest BCUT2D eigenvalue weighted by Crippen LogP contribution is -2.15. The summed E-state index contributed by atoms with van der Waals surface area (Å²) in [4.78, 5) is 13.2. The summed E-state index contributed by atoms with van der Waals surface area (Å²) in [5.41, 5.74) is 8.09. The smallest absolute Gasteiger partial charge is 0.234 e. The van der Waals surface area contributed by atoms with E-state index in [0.717, 1.165) is 22.0 Å². The molecule has 3 aromatic rings. The molecule has 0 spiro atoms. The molecule has 0 bridgehead atoms. The van der Waals surface area contributed by atoms with Crippen molar-refractivity contribution in [3.8, 4) is 10.7 Å². The van der Waals surface area contributed by atoms with Crippen LogP contribution in [0.3, 0.4) is 0 Å². The number of hydrogen-bond acceptors (Lipinski definition) is 6. The summed E-state index contributed by atoms with van der Waals surface area (Å²) in [6.07, 6.45) is 0. The standard InChI is InChI=1S/C16H17N5OS2/c1-10-5-6-11(17)8-12(10)18-14(22)9-24-16-20-19-15(21(16)2)13-4-3-7-23-13/h3-8H,9,17H2,1-2H3,(H,18,22). The van der Waals surface area contributed by atoms with Crippen LogP contribution < -0.4 is 11.1 Å². The predicted octanol–water partition coefficient (Wildman–Crippen LogP) is 3.17. The molecule has 3 rings (SSSR count). The number of thioether (sulfide) groups is 1. The van der Waals surface area contributed by atoms with Gasteiger partial charge in [-0.15, -0.1) is 21.5 Å². The van der Waals surface area contributed by atoms with Crippen molar-refractivity contribution in [1.82, 2.24) is 14.8 Å². The van der Waals surface area contributed by atoms with Crippen LogP contribution in [-0.2, 0) is 11.8 Å². The zero-order valence-corrected chi connectivity index (χ0v) is 14.9. The number of nitrogens with two attached hydrogens (primary N) is 1. The van der Waals surface area contributed by atoms with Crippen LogP contribution in [0.25, 0.3) is 10.7 Å². The number of amides is 1. The first-order chi connectivity index (χ1) is 11.5. The SMILES string of the molecule is Cc1ccc(N)cc1NC(=O)CSc1nnc(-c2cccs2)n1C. The Hall–Kier alpha value is -2.32. The molecule has 2 aromatic heterocycles. The molecular formula is C16H17N5OS2. The summed E-state index contributed by atoms with van der Waals surface area (Å²) in [6.45, 7) is 1.93. The molecule has 0 fully saturated rings. The van der Waals surface area contributed by atoms with E-state index in [-0.39, 0.29) is 11.7 Å². The lowest BCUT2D eigenvalue weighted by molar-refractivity contribution is -0.113. The van der Waals surface area contributed by atoms with E-state index in [9.17, 15) is 4.79 Å². The number of thiophene rings is 1. The van der Waals surface area contributed by atoms with Gasteiger partial charge in [0.25, 0.3) is 0 Å². The van der Waals surface area contributed by atoms with Crippen molar-refractivity contribution in [2.45, 2.75) is 12.1 Å². The van der Waals surface area contributed by atoms with Gasteiger partial charge in [0.05, 0.1) is 10.6 Å². The van der Waals surface area contributed by atoms with Gasteiger partial charge < -0.3 is 15.6 Å². The molecule has 1 amide bonds. The highest BCUT2D eigenvalue weighted by atomic mass is 32.2. The zero-order valence-electron chi connectivity index (χ0n) is 13.3. The maximum absolute atomic E-state index is 12.2. The molecule has 0 unspecified atom stereocenters. The Labute approximate surface area is 148 Å². The molecule has 3 N–H and O–H groups in total. The van der Waals surface area contributed by atoms with Gasteiger partial charge in [0.1, 0.15) is 0 Å². The molecule has 24 heavy (non-hydrogen) atoms. The fraction of sp³-hybridized carbons (Fsp3) is 0.188. The fourth-order valence-electron chi connectivity index (χ4n) is 2.15. The van der Waals surface area contributed by atoms with Crippen molar-refractivity contribution in [1.29, 1.82) is 0 Å². The first-order valence-electron chi connectivity index (χ1n) is 7.26. The minimum atomic E-state index is -0.102. The number of carbonyl (C=O) groups is 1. The molecular weight excluding hydrogens is 342 g/mol. The third-order valence-corrected chi connectivity index (χ3v) is 5.33. The first kappa shape index (κ1) is 16.5. The summed E-state index contributed by atoms with van der Waals surface area (Å²) in [5.74, 6) is 0.957. The normalized spacial score (nSPS) is 10.8. The Morgan fingerprint density at radius 3 is 2.96 bits per heavy atom. The van der Waals surface area contributed by atoms with Crippen LogP contribution in [0.4, 0.5) is 11.4 Å². The minimum Gasteiger partial charge on any atom is -0.399 e. The van der Waals surface area contributed by atoms with Gasteiger partial charge >= 0.3 is 0 Å². The second-order valence-corrected chi connectivity index (χ2v) is 7.14. The van der Waals surface area contributed by atoms with Gasteiger partial charge in [-0.25, -0.2) is 0 Å². The lowest BCUT2D eigenvalue weighted by Gasteiger charge is -2.09. The number of hydrogen-bond donors (Lipinski definition) is 2. The Morgan fingerprint density at radius 2 is 2.21 bits per heavy atom. The third kappa shape index (κ3) is 3.60. The maximum Gasteiger partial charge on any atom is 0.234 e. The van der Waals surface area contributed by atoms with Crippen LogP contribution in [0, 0.1) is 6.92 Å². The van der Waals surface area contributed by atoms with Crippen LogP contribution in [-0.4, -0.2) is 26.4 Å². The van der Waals surface area contributed by atoms with E-state index in [1.54, 1.807) is 17.4 Å². The number of nitrogens with one attached hydrogen (secondary N) is 1. The van der Waals surface area contributed by atoms with Gasteiger partial charge in [0.2, 0.25) is 5.91 Å². The van der Waals surface area contributed by atoms with Crippen LogP contribution in [0.2, 0.25) is 0 Å². The highest BCUT2D eigenvalue weighted by Gasteiger charge is 2.14. The number of nitrogens with zero attached hydrogens (tertiary/aromatic N) is 3. The van der Waals surface area contributed by atoms with Crippen molar-refractivity contribution in [3.05, 3.63) is 41.3 Å². The molecule has 0 aliphatic carbocycles. The maximum atomic E-state index is 12.2. The third-order valence-electron chi connectivity index (χ3n) is 3.44. The number of aromatic nitrogens is 3. The van der Waals surface area contributed by atoms with Crippen LogP contribution in [0.1, 0.15) is 5.56 Å². The minimum absolute atomic E-state index is 0.102. The fourth-order valence-corrected chi connectivity index (χ4v) is 3.61. The second kappa shape index (κ2) is 7.06. The predicted molar refractivity (Wildman–Crippen MR) is 99.3 cm³/mol.